The van der Waals surface area contributed by atoms with Crippen LogP contribution >= 0.6 is 0 Å². The number of nitrogens with zero attached hydrogens (tertiary/aromatic N) is 3. The molecule has 0 aliphatic carbocycles. The maximum absolute atomic E-state index is 12.5. The topological polar surface area (TPSA) is 64.1 Å². The molecule has 1 saturated heterocycles. The summed E-state index contributed by atoms with van der Waals surface area (Å²) in [6.07, 6.45) is -3.26. The maximum Gasteiger partial charge on any atom is 0.573 e. The van der Waals surface area contributed by atoms with Gasteiger partial charge in [-0.2, -0.15) is 0 Å². The van der Waals surface area contributed by atoms with E-state index in [0.717, 1.165) is 43.9 Å². The van der Waals surface area contributed by atoms with Crippen molar-refractivity contribution in [3.8, 4) is 11.5 Å². The van der Waals surface area contributed by atoms with Crippen molar-refractivity contribution in [2.45, 2.75) is 39.5 Å². The maximum atomic E-state index is 12.5. The van der Waals surface area contributed by atoms with Gasteiger partial charge in [-0.15, -0.1) is 13.2 Å². The minimum absolute atomic E-state index is 0.200. The van der Waals surface area contributed by atoms with Crippen LogP contribution in [0.3, 0.4) is 0 Å². The zero-order chi connectivity index (χ0) is 27.1. The first kappa shape index (κ1) is 27.3. The van der Waals surface area contributed by atoms with E-state index in [1.807, 2.05) is 38.1 Å². The highest BCUT2D eigenvalue weighted by Crippen LogP contribution is 2.27. The number of halogens is 3. The zero-order valence-corrected chi connectivity index (χ0v) is 21.3. The van der Waals surface area contributed by atoms with Crippen LogP contribution in [0.5, 0.6) is 11.5 Å². The van der Waals surface area contributed by atoms with Crippen LogP contribution in [0.2, 0.25) is 0 Å². The Kier molecular flexibility index (Phi) is 8.73. The number of hydrogen-bond acceptors (Lipinski definition) is 7. The van der Waals surface area contributed by atoms with Crippen LogP contribution in [0.25, 0.3) is 0 Å². The molecule has 0 amide bonds. The Morgan fingerprint density at radius 1 is 0.947 bits per heavy atom. The highest BCUT2D eigenvalue weighted by molar-refractivity contribution is 5.94. The van der Waals surface area contributed by atoms with E-state index < -0.39 is 6.36 Å². The number of piperazine rings is 1. The first-order chi connectivity index (χ1) is 18.2. The van der Waals surface area contributed by atoms with Crippen molar-refractivity contribution in [3.63, 3.8) is 0 Å². The van der Waals surface area contributed by atoms with Gasteiger partial charge < -0.3 is 19.1 Å². The molecule has 38 heavy (non-hydrogen) atoms. The summed E-state index contributed by atoms with van der Waals surface area (Å²) in [7, 11) is 0. The summed E-state index contributed by atoms with van der Waals surface area (Å²) in [5, 5.41) is 0. The number of anilines is 1. The second kappa shape index (κ2) is 12.2. The molecule has 1 aliphatic heterocycles. The number of carbonyl (C=O) groups excluding carboxylic acids is 1. The van der Waals surface area contributed by atoms with E-state index in [-0.39, 0.29) is 24.4 Å². The van der Waals surface area contributed by atoms with Crippen molar-refractivity contribution in [1.29, 1.82) is 0 Å². The van der Waals surface area contributed by atoms with Gasteiger partial charge >= 0.3 is 12.3 Å². The molecule has 0 bridgehead atoms. The summed E-state index contributed by atoms with van der Waals surface area (Å²) in [4.78, 5) is 21.4. The number of alkyl halides is 3. The van der Waals surface area contributed by atoms with Crippen molar-refractivity contribution < 1.29 is 32.2 Å². The summed E-state index contributed by atoms with van der Waals surface area (Å²) in [6, 6.07) is 16.9. The number of pyridine rings is 1. The van der Waals surface area contributed by atoms with Crippen molar-refractivity contribution in [2.24, 2.45) is 0 Å². The molecule has 202 valence electrons. The van der Waals surface area contributed by atoms with Gasteiger partial charge in [0.1, 0.15) is 29.5 Å². The lowest BCUT2D eigenvalue weighted by Crippen LogP contribution is -2.46. The molecule has 2 aromatic carbocycles. The lowest BCUT2D eigenvalue weighted by atomic mass is 10.1. The Balaban J connectivity index is 1.27. The van der Waals surface area contributed by atoms with Crippen LogP contribution < -0.4 is 14.4 Å². The van der Waals surface area contributed by atoms with E-state index in [0.29, 0.717) is 17.1 Å². The number of ether oxygens (including phenoxy) is 3. The molecule has 3 aromatic rings. The number of esters is 1. The summed E-state index contributed by atoms with van der Waals surface area (Å²) in [6.45, 7) is 7.75. The van der Waals surface area contributed by atoms with Gasteiger partial charge in [-0.25, -0.2) is 9.78 Å². The van der Waals surface area contributed by atoms with Gasteiger partial charge in [-0.1, -0.05) is 30.3 Å². The van der Waals surface area contributed by atoms with E-state index in [2.05, 4.69) is 19.5 Å². The third-order valence-corrected chi connectivity index (χ3v) is 5.89. The van der Waals surface area contributed by atoms with Crippen molar-refractivity contribution in [3.05, 3.63) is 83.6 Å². The average Bonchev–Trinajstić information content (AvgIpc) is 2.88. The van der Waals surface area contributed by atoms with Gasteiger partial charge in [0.15, 0.2) is 0 Å². The minimum Gasteiger partial charge on any atom is -0.489 e. The van der Waals surface area contributed by atoms with Gasteiger partial charge in [0, 0.05) is 45.0 Å². The number of carbonyl (C=O) groups is 1. The molecule has 0 atom stereocenters. The van der Waals surface area contributed by atoms with Crippen molar-refractivity contribution in [2.75, 3.05) is 31.1 Å². The van der Waals surface area contributed by atoms with E-state index in [4.69, 9.17) is 9.47 Å². The highest BCUT2D eigenvalue weighted by Gasteiger charge is 2.31. The number of benzene rings is 2. The third-order valence-electron chi connectivity index (χ3n) is 5.89. The first-order valence-corrected chi connectivity index (χ1v) is 12.4. The molecule has 7 nitrogen and oxygen atoms in total. The van der Waals surface area contributed by atoms with E-state index >= 15 is 0 Å². The lowest BCUT2D eigenvalue weighted by molar-refractivity contribution is -0.274. The minimum atomic E-state index is -4.75. The smallest absolute Gasteiger partial charge is 0.489 e. The molecule has 0 N–H and O–H groups in total. The molecule has 10 heteroatoms. The normalized spacial score (nSPS) is 14.4. The number of rotatable bonds is 9. The van der Waals surface area contributed by atoms with Gasteiger partial charge in [-0.05, 0) is 49.2 Å². The van der Waals surface area contributed by atoms with Crippen LogP contribution in [0.4, 0.5) is 19.0 Å². The molecule has 1 aromatic heterocycles. The summed E-state index contributed by atoms with van der Waals surface area (Å²) < 4.78 is 52.2. The molecule has 1 aliphatic rings. The predicted molar refractivity (Wildman–Crippen MR) is 136 cm³/mol. The van der Waals surface area contributed by atoms with E-state index in [1.165, 1.54) is 18.2 Å². The summed E-state index contributed by atoms with van der Waals surface area (Å²) >= 11 is 0. The quantitative estimate of drug-likeness (QED) is 0.342. The molecule has 0 saturated carbocycles. The fourth-order valence-electron chi connectivity index (χ4n) is 4.13. The zero-order valence-electron chi connectivity index (χ0n) is 21.3. The Bertz CT molecular complexity index is 1210. The van der Waals surface area contributed by atoms with Crippen LogP contribution in [0.15, 0.2) is 66.9 Å². The number of hydrogen-bond donors (Lipinski definition) is 0. The standard InChI is InChI=1S/C28H30F3N3O4/c1-20(2)37-27(35)25-7-4-12-32-26(25)34-15-13-33(14-16-34)18-21-8-10-22(11-9-21)19-36-23-5-3-6-24(17-23)38-28(29,30)31/h3-12,17,20H,13-16,18-19H2,1-2H3. The van der Waals surface area contributed by atoms with Crippen LogP contribution in [-0.2, 0) is 17.9 Å². The van der Waals surface area contributed by atoms with Crippen LogP contribution in [-0.4, -0.2) is 54.5 Å². The van der Waals surface area contributed by atoms with E-state index in [9.17, 15) is 18.0 Å². The van der Waals surface area contributed by atoms with Crippen molar-refractivity contribution >= 4 is 11.8 Å². The molecule has 4 rings (SSSR count). The SMILES string of the molecule is CC(C)OC(=O)c1cccnc1N1CCN(Cc2ccc(COc3cccc(OC(F)(F)F)c3)cc2)CC1. The van der Waals surface area contributed by atoms with Gasteiger partial charge in [0.05, 0.1) is 6.10 Å². The summed E-state index contributed by atoms with van der Waals surface area (Å²) in [5.41, 5.74) is 2.52. The molecular weight excluding hydrogens is 499 g/mol. The van der Waals surface area contributed by atoms with Crippen molar-refractivity contribution in [1.82, 2.24) is 9.88 Å². The molecule has 0 radical (unpaired) electrons. The Morgan fingerprint density at radius 3 is 2.32 bits per heavy atom. The summed E-state index contributed by atoms with van der Waals surface area (Å²) in [5.74, 6) is 0.261. The second-order valence-electron chi connectivity index (χ2n) is 9.22. The number of aromatic nitrogens is 1. The largest absolute Gasteiger partial charge is 0.573 e. The van der Waals surface area contributed by atoms with Crippen LogP contribution in [0, 0.1) is 0 Å². The van der Waals surface area contributed by atoms with Gasteiger partial charge in [0.25, 0.3) is 0 Å². The Hall–Kier alpha value is -3.79. The van der Waals surface area contributed by atoms with Gasteiger partial charge in [-0.3, -0.25) is 4.90 Å². The van der Waals surface area contributed by atoms with Gasteiger partial charge in [0.2, 0.25) is 0 Å². The average molecular weight is 530 g/mol. The van der Waals surface area contributed by atoms with Crippen LogP contribution in [0.1, 0.15) is 35.3 Å². The Labute approximate surface area is 219 Å². The Morgan fingerprint density at radius 2 is 1.63 bits per heavy atom. The fourth-order valence-corrected chi connectivity index (χ4v) is 4.13. The fraction of sp³-hybridized carbons (Fsp3) is 0.357. The predicted octanol–water partition coefficient (Wildman–Crippen LogP) is 5.45. The molecule has 0 spiro atoms. The monoisotopic (exact) mass is 529 g/mol. The molecule has 1 fully saturated rings. The second-order valence-corrected chi connectivity index (χ2v) is 9.22. The van der Waals surface area contributed by atoms with E-state index in [1.54, 1.807) is 24.4 Å². The lowest BCUT2D eigenvalue weighted by Gasteiger charge is -2.36. The molecular formula is C28H30F3N3O4. The first-order valence-electron chi connectivity index (χ1n) is 12.4. The highest BCUT2D eigenvalue weighted by atomic mass is 19.4. The molecule has 2 heterocycles. The molecule has 0 unspecified atom stereocenters. The third kappa shape index (κ3) is 7.85.